The van der Waals surface area contributed by atoms with Gasteiger partial charge in [0, 0.05) is 37.3 Å². The van der Waals surface area contributed by atoms with Gasteiger partial charge in [-0.15, -0.1) is 0 Å². The lowest BCUT2D eigenvalue weighted by molar-refractivity contribution is -0.139. The highest BCUT2D eigenvalue weighted by Gasteiger charge is 2.30. The third kappa shape index (κ3) is 4.28. The first kappa shape index (κ1) is 18.9. The van der Waals surface area contributed by atoms with E-state index in [1.165, 1.54) is 19.4 Å². The number of aryl methyl sites for hydroxylation is 1. The van der Waals surface area contributed by atoms with Gasteiger partial charge in [0.2, 0.25) is 5.91 Å². The van der Waals surface area contributed by atoms with Crippen LogP contribution in [0.25, 0.3) is 11.3 Å². The minimum absolute atomic E-state index is 0.0275. The zero-order chi connectivity index (χ0) is 19.4. The molecule has 0 saturated carbocycles. The molecular weight excluding hydrogens is 348 g/mol. The Bertz CT molecular complexity index is 855. The molecule has 0 unspecified atom stereocenters. The Labute approximate surface area is 157 Å². The van der Waals surface area contributed by atoms with Crippen LogP contribution in [0.5, 0.6) is 0 Å². The van der Waals surface area contributed by atoms with Crippen LogP contribution in [0.4, 0.5) is 0 Å². The van der Waals surface area contributed by atoms with E-state index in [2.05, 4.69) is 15.0 Å². The number of rotatable bonds is 5. The maximum atomic E-state index is 12.4. The van der Waals surface area contributed by atoms with Gasteiger partial charge in [0.05, 0.1) is 17.3 Å². The van der Waals surface area contributed by atoms with Gasteiger partial charge in [0.15, 0.2) is 5.82 Å². The fourth-order valence-corrected chi connectivity index (χ4v) is 3.29. The maximum absolute atomic E-state index is 12.4. The van der Waals surface area contributed by atoms with Crippen LogP contribution in [0, 0.1) is 6.92 Å². The van der Waals surface area contributed by atoms with E-state index in [0.717, 1.165) is 25.0 Å². The van der Waals surface area contributed by atoms with E-state index in [-0.39, 0.29) is 24.1 Å². The smallest absolute Gasteiger partial charge is 0.337 e. The van der Waals surface area contributed by atoms with Crippen LogP contribution < -0.4 is 0 Å². The summed E-state index contributed by atoms with van der Waals surface area (Å²) in [5.74, 6) is -0.558. The van der Waals surface area contributed by atoms with Crippen molar-refractivity contribution < 1.29 is 19.4 Å². The topological polar surface area (TPSA) is 106 Å². The number of carbonyl (C=O) groups is 2. The zero-order valence-corrected chi connectivity index (χ0v) is 15.4. The van der Waals surface area contributed by atoms with Crippen molar-refractivity contribution in [3.05, 3.63) is 41.6 Å². The van der Waals surface area contributed by atoms with Crippen molar-refractivity contribution in [1.82, 2.24) is 19.9 Å². The molecule has 0 aromatic carbocycles. The molecule has 2 aromatic rings. The number of hydrogen-bond acceptors (Lipinski definition) is 6. The van der Waals surface area contributed by atoms with Gasteiger partial charge in [-0.3, -0.25) is 9.78 Å². The second-order valence-electron chi connectivity index (χ2n) is 6.55. The summed E-state index contributed by atoms with van der Waals surface area (Å²) in [7, 11) is 1.50. The number of methoxy groups -OCH3 is 1. The molecule has 8 nitrogen and oxygen atoms in total. The van der Waals surface area contributed by atoms with E-state index < -0.39 is 5.97 Å². The van der Waals surface area contributed by atoms with Crippen molar-refractivity contribution in [2.75, 3.05) is 20.3 Å². The van der Waals surface area contributed by atoms with Crippen LogP contribution in [-0.4, -0.2) is 57.1 Å². The van der Waals surface area contributed by atoms with E-state index in [0.29, 0.717) is 23.6 Å². The molecular formula is C19H22N4O4. The van der Waals surface area contributed by atoms with E-state index in [1.54, 1.807) is 17.2 Å². The van der Waals surface area contributed by atoms with Gasteiger partial charge in [-0.25, -0.2) is 14.8 Å². The SMILES string of the molecule is COCC(=O)N1CCCC[C@H]1c1nc(C)cc(-c2cncc(C(=O)O)c2)n1. The van der Waals surface area contributed by atoms with Crippen molar-refractivity contribution in [2.24, 2.45) is 0 Å². The summed E-state index contributed by atoms with van der Waals surface area (Å²) in [6, 6.07) is 3.11. The predicted octanol–water partition coefficient (Wildman–Crippen LogP) is 2.25. The average Bonchev–Trinajstić information content (AvgIpc) is 2.68. The highest BCUT2D eigenvalue weighted by atomic mass is 16.5. The van der Waals surface area contributed by atoms with Gasteiger partial charge >= 0.3 is 5.97 Å². The third-order valence-corrected chi connectivity index (χ3v) is 4.54. The highest BCUT2D eigenvalue weighted by Crippen LogP contribution is 2.30. The Balaban J connectivity index is 1.98. The van der Waals surface area contributed by atoms with Crippen LogP contribution in [0.3, 0.4) is 0 Å². The van der Waals surface area contributed by atoms with Crippen molar-refractivity contribution in [1.29, 1.82) is 0 Å². The number of carboxylic acid groups (broad SMARTS) is 1. The number of piperidine rings is 1. The molecule has 1 fully saturated rings. The van der Waals surface area contributed by atoms with Gasteiger partial charge in [0.25, 0.3) is 0 Å². The van der Waals surface area contributed by atoms with Gasteiger partial charge < -0.3 is 14.7 Å². The third-order valence-electron chi connectivity index (χ3n) is 4.54. The van der Waals surface area contributed by atoms with Crippen LogP contribution >= 0.6 is 0 Å². The first-order valence-corrected chi connectivity index (χ1v) is 8.82. The van der Waals surface area contributed by atoms with Gasteiger partial charge in [-0.2, -0.15) is 0 Å². The van der Waals surface area contributed by atoms with Gasteiger partial charge in [-0.05, 0) is 38.3 Å². The standard InChI is InChI=1S/C19H22N4O4/c1-12-7-15(13-8-14(19(25)26)10-20-9-13)22-18(21-12)16-5-3-4-6-23(16)17(24)11-27-2/h7-10,16H,3-6,11H2,1-2H3,(H,25,26)/t16-/m0/s1. The van der Waals surface area contributed by atoms with Crippen LogP contribution in [-0.2, 0) is 9.53 Å². The number of likely N-dealkylation sites (tertiary alicyclic amines) is 1. The molecule has 0 spiro atoms. The van der Waals surface area contributed by atoms with Gasteiger partial charge in [-0.1, -0.05) is 0 Å². The molecule has 8 heteroatoms. The van der Waals surface area contributed by atoms with Crippen LogP contribution in [0.1, 0.15) is 47.2 Å². The van der Waals surface area contributed by atoms with E-state index in [9.17, 15) is 14.7 Å². The second-order valence-corrected chi connectivity index (χ2v) is 6.55. The van der Waals surface area contributed by atoms with Crippen molar-refractivity contribution in [3.63, 3.8) is 0 Å². The normalized spacial score (nSPS) is 17.0. The lowest BCUT2D eigenvalue weighted by atomic mass is 10.0. The zero-order valence-electron chi connectivity index (χ0n) is 15.4. The summed E-state index contributed by atoms with van der Waals surface area (Å²) in [4.78, 5) is 38.6. The fraction of sp³-hybridized carbons (Fsp3) is 0.421. The second kappa shape index (κ2) is 8.22. The summed E-state index contributed by atoms with van der Waals surface area (Å²) in [5.41, 5.74) is 2.05. The summed E-state index contributed by atoms with van der Waals surface area (Å²) in [6.45, 7) is 2.53. The number of hydrogen-bond donors (Lipinski definition) is 1. The molecule has 0 bridgehead atoms. The number of carbonyl (C=O) groups excluding carboxylic acids is 1. The van der Waals surface area contributed by atoms with Crippen LogP contribution in [0.2, 0.25) is 0 Å². The number of aromatic nitrogens is 3. The number of amides is 1. The minimum atomic E-state index is -1.04. The van der Waals surface area contributed by atoms with Crippen molar-refractivity contribution >= 4 is 11.9 Å². The Hall–Kier alpha value is -2.87. The number of ether oxygens (including phenoxy) is 1. The lowest BCUT2D eigenvalue weighted by Gasteiger charge is -2.34. The molecule has 2 aromatic heterocycles. The number of pyridine rings is 1. The van der Waals surface area contributed by atoms with E-state index in [1.807, 2.05) is 6.92 Å². The molecule has 1 amide bonds. The number of carboxylic acids is 1. The Morgan fingerprint density at radius 3 is 2.81 bits per heavy atom. The fourth-order valence-electron chi connectivity index (χ4n) is 3.29. The first-order valence-electron chi connectivity index (χ1n) is 8.82. The number of aromatic carboxylic acids is 1. The molecule has 1 N–H and O–H groups in total. The highest BCUT2D eigenvalue weighted by molar-refractivity contribution is 5.88. The van der Waals surface area contributed by atoms with E-state index in [4.69, 9.17) is 4.74 Å². The average molecular weight is 370 g/mol. The summed E-state index contributed by atoms with van der Waals surface area (Å²) in [6.07, 6.45) is 5.59. The first-order chi connectivity index (χ1) is 13.0. The van der Waals surface area contributed by atoms with Crippen LogP contribution in [0.15, 0.2) is 24.5 Å². The van der Waals surface area contributed by atoms with E-state index >= 15 is 0 Å². The molecule has 3 heterocycles. The molecule has 1 aliphatic heterocycles. The summed E-state index contributed by atoms with van der Waals surface area (Å²) < 4.78 is 5.00. The Morgan fingerprint density at radius 2 is 2.07 bits per heavy atom. The van der Waals surface area contributed by atoms with Gasteiger partial charge in [0.1, 0.15) is 6.61 Å². The van der Waals surface area contributed by atoms with Crippen molar-refractivity contribution in [2.45, 2.75) is 32.2 Å². The Kier molecular flexibility index (Phi) is 5.75. The predicted molar refractivity (Wildman–Crippen MR) is 97.1 cm³/mol. The quantitative estimate of drug-likeness (QED) is 0.860. The molecule has 1 atom stereocenters. The molecule has 1 aliphatic rings. The molecule has 1 saturated heterocycles. The molecule has 142 valence electrons. The largest absolute Gasteiger partial charge is 0.478 e. The maximum Gasteiger partial charge on any atom is 0.337 e. The summed E-state index contributed by atoms with van der Waals surface area (Å²) in [5, 5.41) is 9.19. The molecule has 0 radical (unpaired) electrons. The summed E-state index contributed by atoms with van der Waals surface area (Å²) >= 11 is 0. The number of nitrogens with zero attached hydrogens (tertiary/aromatic N) is 4. The minimum Gasteiger partial charge on any atom is -0.478 e. The molecule has 0 aliphatic carbocycles. The molecule has 3 rings (SSSR count). The monoisotopic (exact) mass is 370 g/mol. The Morgan fingerprint density at radius 1 is 1.26 bits per heavy atom. The lowest BCUT2D eigenvalue weighted by Crippen LogP contribution is -2.41. The molecule has 27 heavy (non-hydrogen) atoms. The van der Waals surface area contributed by atoms with Crippen molar-refractivity contribution in [3.8, 4) is 11.3 Å².